The lowest BCUT2D eigenvalue weighted by Crippen LogP contribution is -2.25. The van der Waals surface area contributed by atoms with Crippen LogP contribution in [0.2, 0.25) is 0 Å². The lowest BCUT2D eigenvalue weighted by Gasteiger charge is -2.03. The number of aromatic nitrogens is 2. The van der Waals surface area contributed by atoms with Gasteiger partial charge in [0.2, 0.25) is 5.91 Å². The van der Waals surface area contributed by atoms with Gasteiger partial charge >= 0.3 is 0 Å². The van der Waals surface area contributed by atoms with Crippen LogP contribution in [-0.2, 0) is 16.0 Å². The molecule has 0 aliphatic heterocycles. The predicted molar refractivity (Wildman–Crippen MR) is 83.2 cm³/mol. The molecule has 0 bridgehead atoms. The molecular formula is C15H19N3O2S. The number of rotatable bonds is 8. The van der Waals surface area contributed by atoms with Gasteiger partial charge in [0.05, 0.1) is 10.7 Å². The predicted octanol–water partition coefficient (Wildman–Crippen LogP) is 2.29. The van der Waals surface area contributed by atoms with Crippen molar-refractivity contribution in [1.82, 2.24) is 15.3 Å². The van der Waals surface area contributed by atoms with E-state index in [1.165, 1.54) is 0 Å². The van der Waals surface area contributed by atoms with Crippen LogP contribution in [0.15, 0.2) is 29.9 Å². The van der Waals surface area contributed by atoms with Crippen LogP contribution in [0.1, 0.15) is 17.8 Å². The topological polar surface area (TPSA) is 64.1 Å². The van der Waals surface area contributed by atoms with Crippen molar-refractivity contribution in [1.29, 1.82) is 0 Å². The first-order valence-corrected chi connectivity index (χ1v) is 7.78. The third-order valence-electron chi connectivity index (χ3n) is 2.92. The molecule has 6 heteroatoms. The molecule has 21 heavy (non-hydrogen) atoms. The number of nitrogens with zero attached hydrogens (tertiary/aromatic N) is 2. The van der Waals surface area contributed by atoms with Gasteiger partial charge in [0.25, 0.3) is 0 Å². The van der Waals surface area contributed by atoms with Gasteiger partial charge in [0, 0.05) is 56.4 Å². The molecule has 0 saturated heterocycles. The summed E-state index contributed by atoms with van der Waals surface area (Å²) >= 11 is 1.58. The molecule has 0 fully saturated rings. The zero-order valence-corrected chi connectivity index (χ0v) is 12.9. The van der Waals surface area contributed by atoms with Crippen molar-refractivity contribution in [2.24, 2.45) is 0 Å². The number of thiazole rings is 1. The van der Waals surface area contributed by atoms with Crippen LogP contribution in [0.3, 0.4) is 0 Å². The van der Waals surface area contributed by atoms with E-state index in [9.17, 15) is 4.79 Å². The van der Waals surface area contributed by atoms with Crippen molar-refractivity contribution in [3.63, 3.8) is 0 Å². The van der Waals surface area contributed by atoms with Gasteiger partial charge in [0.15, 0.2) is 0 Å². The van der Waals surface area contributed by atoms with Crippen molar-refractivity contribution >= 4 is 17.2 Å². The summed E-state index contributed by atoms with van der Waals surface area (Å²) in [6.07, 6.45) is 5.50. The maximum Gasteiger partial charge on any atom is 0.220 e. The Morgan fingerprint density at radius 3 is 3.14 bits per heavy atom. The molecule has 0 aromatic carbocycles. The SMILES string of the molecule is COCCCNC(=O)CCc1nc(-c2cccnc2)cs1. The second-order valence-corrected chi connectivity index (χ2v) is 5.51. The summed E-state index contributed by atoms with van der Waals surface area (Å²) in [5, 5.41) is 5.85. The number of hydrogen-bond acceptors (Lipinski definition) is 5. The van der Waals surface area contributed by atoms with Crippen LogP contribution in [0.5, 0.6) is 0 Å². The fourth-order valence-electron chi connectivity index (χ4n) is 1.83. The Bertz CT molecular complexity index is 557. The Hall–Kier alpha value is -1.79. The maximum absolute atomic E-state index is 11.7. The van der Waals surface area contributed by atoms with Crippen LogP contribution in [-0.4, -0.2) is 36.1 Å². The Balaban J connectivity index is 1.77. The third kappa shape index (κ3) is 5.24. The number of methoxy groups -OCH3 is 1. The van der Waals surface area contributed by atoms with E-state index in [4.69, 9.17) is 4.74 Å². The molecule has 5 nitrogen and oxygen atoms in total. The summed E-state index contributed by atoms with van der Waals surface area (Å²) in [5.41, 5.74) is 1.92. The molecule has 0 aliphatic carbocycles. The minimum absolute atomic E-state index is 0.0595. The average molecular weight is 305 g/mol. The fraction of sp³-hybridized carbons (Fsp3) is 0.400. The van der Waals surface area contributed by atoms with E-state index >= 15 is 0 Å². The number of pyridine rings is 1. The molecule has 2 rings (SSSR count). The lowest BCUT2D eigenvalue weighted by molar-refractivity contribution is -0.121. The summed E-state index contributed by atoms with van der Waals surface area (Å²) in [6.45, 7) is 1.33. The van der Waals surface area contributed by atoms with Crippen LogP contribution < -0.4 is 5.32 Å². The minimum Gasteiger partial charge on any atom is -0.385 e. The number of ether oxygens (including phenoxy) is 1. The van der Waals surface area contributed by atoms with E-state index in [1.54, 1.807) is 30.8 Å². The van der Waals surface area contributed by atoms with Crippen molar-refractivity contribution in [3.8, 4) is 11.3 Å². The van der Waals surface area contributed by atoms with Gasteiger partial charge in [-0.2, -0.15) is 0 Å². The lowest BCUT2D eigenvalue weighted by atomic mass is 10.2. The van der Waals surface area contributed by atoms with E-state index < -0.39 is 0 Å². The van der Waals surface area contributed by atoms with Crippen molar-refractivity contribution in [3.05, 3.63) is 34.9 Å². The molecular weight excluding hydrogens is 286 g/mol. The Morgan fingerprint density at radius 1 is 1.48 bits per heavy atom. The summed E-state index contributed by atoms with van der Waals surface area (Å²) in [5.74, 6) is 0.0595. The number of carbonyl (C=O) groups excluding carboxylic acids is 1. The van der Waals surface area contributed by atoms with Gasteiger partial charge in [-0.3, -0.25) is 9.78 Å². The molecule has 2 aromatic rings. The standard InChI is InChI=1S/C15H19N3O2S/c1-20-9-3-8-17-14(19)5-6-15-18-13(11-21-15)12-4-2-7-16-10-12/h2,4,7,10-11H,3,5-6,8-9H2,1H3,(H,17,19). The monoisotopic (exact) mass is 305 g/mol. The summed E-state index contributed by atoms with van der Waals surface area (Å²) in [4.78, 5) is 20.3. The van der Waals surface area contributed by atoms with E-state index in [0.717, 1.165) is 22.7 Å². The van der Waals surface area contributed by atoms with Crippen molar-refractivity contribution in [2.45, 2.75) is 19.3 Å². The van der Waals surface area contributed by atoms with Crippen LogP contribution in [0, 0.1) is 0 Å². The number of aryl methyl sites for hydroxylation is 1. The second-order valence-electron chi connectivity index (χ2n) is 4.56. The Kier molecular flexibility index (Phi) is 6.30. The molecule has 112 valence electrons. The molecule has 2 heterocycles. The van der Waals surface area contributed by atoms with Gasteiger partial charge in [-0.05, 0) is 18.6 Å². The van der Waals surface area contributed by atoms with Gasteiger partial charge in [-0.1, -0.05) is 0 Å². The fourth-order valence-corrected chi connectivity index (χ4v) is 2.63. The zero-order chi connectivity index (χ0) is 14.9. The van der Waals surface area contributed by atoms with Crippen LogP contribution >= 0.6 is 11.3 Å². The minimum atomic E-state index is 0.0595. The second kappa shape index (κ2) is 8.49. The molecule has 0 spiro atoms. The quantitative estimate of drug-likeness (QED) is 0.760. The molecule has 1 N–H and O–H groups in total. The normalized spacial score (nSPS) is 10.5. The first-order valence-electron chi connectivity index (χ1n) is 6.90. The van der Waals surface area contributed by atoms with Crippen molar-refractivity contribution < 1.29 is 9.53 Å². The number of nitrogens with one attached hydrogen (secondary N) is 1. The smallest absolute Gasteiger partial charge is 0.220 e. The van der Waals surface area contributed by atoms with Crippen LogP contribution in [0.25, 0.3) is 11.3 Å². The highest BCUT2D eigenvalue weighted by Gasteiger charge is 2.07. The van der Waals surface area contributed by atoms with E-state index in [2.05, 4.69) is 15.3 Å². The molecule has 2 aromatic heterocycles. The highest BCUT2D eigenvalue weighted by molar-refractivity contribution is 7.09. The zero-order valence-electron chi connectivity index (χ0n) is 12.0. The van der Waals surface area contributed by atoms with E-state index in [1.807, 2.05) is 17.5 Å². The molecule has 0 saturated carbocycles. The number of carbonyl (C=O) groups is 1. The molecule has 0 radical (unpaired) electrons. The van der Waals surface area contributed by atoms with E-state index in [0.29, 0.717) is 26.0 Å². The maximum atomic E-state index is 11.7. The molecule has 0 unspecified atom stereocenters. The number of hydrogen-bond donors (Lipinski definition) is 1. The number of amides is 1. The third-order valence-corrected chi connectivity index (χ3v) is 3.83. The first kappa shape index (κ1) is 15.6. The average Bonchev–Trinajstić information content (AvgIpc) is 2.99. The summed E-state index contributed by atoms with van der Waals surface area (Å²) < 4.78 is 4.93. The largest absolute Gasteiger partial charge is 0.385 e. The molecule has 1 amide bonds. The van der Waals surface area contributed by atoms with Gasteiger partial charge in [0.1, 0.15) is 0 Å². The van der Waals surface area contributed by atoms with E-state index in [-0.39, 0.29) is 5.91 Å². The summed E-state index contributed by atoms with van der Waals surface area (Å²) in [6, 6.07) is 3.87. The Morgan fingerprint density at radius 2 is 2.38 bits per heavy atom. The summed E-state index contributed by atoms with van der Waals surface area (Å²) in [7, 11) is 1.66. The van der Waals surface area contributed by atoms with Gasteiger partial charge in [-0.15, -0.1) is 11.3 Å². The highest BCUT2D eigenvalue weighted by atomic mass is 32.1. The molecule has 0 atom stereocenters. The Labute approximate surface area is 128 Å². The first-order chi connectivity index (χ1) is 10.3. The highest BCUT2D eigenvalue weighted by Crippen LogP contribution is 2.21. The van der Waals surface area contributed by atoms with Crippen molar-refractivity contribution in [2.75, 3.05) is 20.3 Å². The van der Waals surface area contributed by atoms with Crippen LogP contribution in [0.4, 0.5) is 0 Å². The molecule has 0 aliphatic rings. The van der Waals surface area contributed by atoms with Gasteiger partial charge < -0.3 is 10.1 Å². The van der Waals surface area contributed by atoms with Gasteiger partial charge in [-0.25, -0.2) is 4.98 Å².